The number of hydrogen-bond donors (Lipinski definition) is 1. The highest BCUT2D eigenvalue weighted by Crippen LogP contribution is 2.29. The second-order valence-corrected chi connectivity index (χ2v) is 7.38. The van der Waals surface area contributed by atoms with Crippen LogP contribution in [0.3, 0.4) is 0 Å². The van der Waals surface area contributed by atoms with Crippen molar-refractivity contribution in [1.82, 2.24) is 19.1 Å². The zero-order valence-electron chi connectivity index (χ0n) is 15.5. The van der Waals surface area contributed by atoms with Crippen molar-refractivity contribution in [3.63, 3.8) is 0 Å². The molecule has 0 aromatic carbocycles. The van der Waals surface area contributed by atoms with Crippen LogP contribution in [0.15, 0.2) is 14.6 Å². The van der Waals surface area contributed by atoms with Gasteiger partial charge in [-0.1, -0.05) is 38.5 Å². The van der Waals surface area contributed by atoms with E-state index in [4.69, 9.17) is 0 Å². The van der Waals surface area contributed by atoms with E-state index in [2.05, 4.69) is 9.97 Å². The molecule has 2 aromatic rings. The third-order valence-corrected chi connectivity index (χ3v) is 5.38. The zero-order valence-corrected chi connectivity index (χ0v) is 16.3. The van der Waals surface area contributed by atoms with Gasteiger partial charge in [0.25, 0.3) is 5.56 Å². The molecule has 2 heterocycles. The molecule has 0 unspecified atom stereocenters. The first-order valence-electron chi connectivity index (χ1n) is 8.67. The Morgan fingerprint density at radius 1 is 1.15 bits per heavy atom. The van der Waals surface area contributed by atoms with Crippen LogP contribution < -0.4 is 11.2 Å². The molecule has 2 aromatic heterocycles. The lowest BCUT2D eigenvalue weighted by Gasteiger charge is -2.15. The van der Waals surface area contributed by atoms with Crippen molar-refractivity contribution in [3.8, 4) is 0 Å². The number of carboxylic acids is 1. The van der Waals surface area contributed by atoms with Gasteiger partial charge in [-0.05, 0) is 12.8 Å². The molecule has 9 heteroatoms. The van der Waals surface area contributed by atoms with Crippen molar-refractivity contribution in [2.45, 2.75) is 56.2 Å². The summed E-state index contributed by atoms with van der Waals surface area (Å²) in [4.78, 5) is 45.3. The molecule has 26 heavy (non-hydrogen) atoms. The van der Waals surface area contributed by atoms with Crippen LogP contribution in [-0.2, 0) is 25.3 Å². The van der Waals surface area contributed by atoms with Crippen molar-refractivity contribution in [1.29, 1.82) is 0 Å². The normalized spacial score (nSPS) is 12.5. The maximum Gasteiger partial charge on any atom is 0.332 e. The molecule has 0 fully saturated rings. The maximum atomic E-state index is 12.7. The quantitative estimate of drug-likeness (QED) is 0.549. The van der Waals surface area contributed by atoms with E-state index in [1.54, 1.807) is 7.05 Å². The highest BCUT2D eigenvalue weighted by molar-refractivity contribution is 8.00. The van der Waals surface area contributed by atoms with Crippen LogP contribution in [0.1, 0.15) is 45.4 Å². The van der Waals surface area contributed by atoms with Crippen LogP contribution in [0.4, 0.5) is 0 Å². The van der Waals surface area contributed by atoms with Gasteiger partial charge < -0.3 is 5.11 Å². The average molecular weight is 380 g/mol. The summed E-state index contributed by atoms with van der Waals surface area (Å²) in [5, 5.41) is 9.35. The minimum absolute atomic E-state index is 0.196. The summed E-state index contributed by atoms with van der Waals surface area (Å²) in [6.45, 7) is 3.97. The van der Waals surface area contributed by atoms with E-state index in [0.29, 0.717) is 23.7 Å². The van der Waals surface area contributed by atoms with Crippen molar-refractivity contribution in [2.24, 2.45) is 14.1 Å². The topological polar surface area (TPSA) is 107 Å². The fourth-order valence-electron chi connectivity index (χ4n) is 2.65. The molecule has 1 atom stereocenters. The largest absolute Gasteiger partial charge is 0.480 e. The monoisotopic (exact) mass is 380 g/mol. The lowest BCUT2D eigenvalue weighted by atomic mass is 10.2. The van der Waals surface area contributed by atoms with Crippen LogP contribution in [0.25, 0.3) is 11.0 Å². The number of hydrogen-bond acceptors (Lipinski definition) is 6. The van der Waals surface area contributed by atoms with Gasteiger partial charge in [0.2, 0.25) is 0 Å². The van der Waals surface area contributed by atoms with E-state index < -0.39 is 22.5 Å². The summed E-state index contributed by atoms with van der Waals surface area (Å²) in [5.74, 6) is -0.431. The lowest BCUT2D eigenvalue weighted by Crippen LogP contribution is -2.38. The van der Waals surface area contributed by atoms with Gasteiger partial charge in [-0.3, -0.25) is 18.7 Å². The van der Waals surface area contributed by atoms with Gasteiger partial charge in [-0.25, -0.2) is 14.8 Å². The van der Waals surface area contributed by atoms with E-state index in [0.717, 1.165) is 35.6 Å². The Morgan fingerprint density at radius 3 is 2.42 bits per heavy atom. The number of fused-ring (bicyclic) bond motifs is 1. The van der Waals surface area contributed by atoms with Gasteiger partial charge in [0.1, 0.15) is 21.5 Å². The molecule has 1 N–H and O–H groups in total. The van der Waals surface area contributed by atoms with Crippen LogP contribution in [0.2, 0.25) is 0 Å². The number of rotatable bonds is 8. The third kappa shape index (κ3) is 3.98. The van der Waals surface area contributed by atoms with Gasteiger partial charge in [-0.2, -0.15) is 0 Å². The molecule has 0 saturated heterocycles. The van der Waals surface area contributed by atoms with E-state index in [-0.39, 0.29) is 11.0 Å². The summed E-state index contributed by atoms with van der Waals surface area (Å²) in [6, 6.07) is 0. The second kappa shape index (κ2) is 8.48. The molecule has 8 nitrogen and oxygen atoms in total. The summed E-state index contributed by atoms with van der Waals surface area (Å²) in [7, 11) is 2.94. The molecule has 0 bridgehead atoms. The van der Waals surface area contributed by atoms with Gasteiger partial charge in [0.15, 0.2) is 5.65 Å². The summed E-state index contributed by atoms with van der Waals surface area (Å²) >= 11 is 1.06. The number of thioether (sulfide) groups is 1. The predicted molar refractivity (Wildman–Crippen MR) is 101 cm³/mol. The lowest BCUT2D eigenvalue weighted by molar-refractivity contribution is -0.136. The minimum atomic E-state index is -0.936. The van der Waals surface area contributed by atoms with Crippen molar-refractivity contribution in [2.75, 3.05) is 0 Å². The Balaban J connectivity index is 2.71. The standard InChI is InChI=1S/C17H24N4O4S/c1-5-7-9-10(16(23)24)26-14-12-13(18-11(19-14)8-6-2)20(3)17(25)21(4)15(12)22/h10H,5-9H2,1-4H3,(H,23,24)/t10-/m0/s1. The van der Waals surface area contributed by atoms with Gasteiger partial charge in [-0.15, -0.1) is 0 Å². The Kier molecular flexibility index (Phi) is 6.57. The maximum absolute atomic E-state index is 12.7. The average Bonchev–Trinajstić information content (AvgIpc) is 2.61. The Hall–Kier alpha value is -2.16. The number of carbonyl (C=O) groups is 1. The Labute approximate surface area is 155 Å². The van der Waals surface area contributed by atoms with E-state index >= 15 is 0 Å². The number of carboxylic acid groups (broad SMARTS) is 1. The molecule has 0 spiro atoms. The molecule has 142 valence electrons. The van der Waals surface area contributed by atoms with Crippen molar-refractivity contribution in [3.05, 3.63) is 26.7 Å². The highest BCUT2D eigenvalue weighted by atomic mass is 32.2. The summed E-state index contributed by atoms with van der Waals surface area (Å²) < 4.78 is 2.31. The van der Waals surface area contributed by atoms with Crippen LogP contribution >= 0.6 is 11.8 Å². The van der Waals surface area contributed by atoms with Gasteiger partial charge in [0, 0.05) is 20.5 Å². The van der Waals surface area contributed by atoms with Crippen molar-refractivity contribution >= 4 is 28.8 Å². The SMILES string of the molecule is CCCC[C@H](Sc1nc(CCC)nc2c1c(=O)n(C)c(=O)n2C)C(=O)O. The van der Waals surface area contributed by atoms with Gasteiger partial charge >= 0.3 is 11.7 Å². The van der Waals surface area contributed by atoms with E-state index in [1.807, 2.05) is 13.8 Å². The smallest absolute Gasteiger partial charge is 0.332 e. The number of aliphatic carboxylic acids is 1. The fourth-order valence-corrected chi connectivity index (χ4v) is 3.76. The van der Waals surface area contributed by atoms with E-state index in [1.165, 1.54) is 11.6 Å². The summed E-state index contributed by atoms with van der Waals surface area (Å²) in [6.07, 6.45) is 3.51. The second-order valence-electron chi connectivity index (χ2n) is 6.19. The number of aryl methyl sites for hydroxylation is 2. The van der Waals surface area contributed by atoms with Crippen LogP contribution in [0, 0.1) is 0 Å². The van der Waals surface area contributed by atoms with Crippen LogP contribution in [0.5, 0.6) is 0 Å². The molecule has 0 aliphatic heterocycles. The molecular weight excluding hydrogens is 356 g/mol. The first kappa shape index (κ1) is 20.2. The molecule has 0 radical (unpaired) electrons. The fraction of sp³-hybridized carbons (Fsp3) is 0.588. The highest BCUT2D eigenvalue weighted by Gasteiger charge is 2.24. The van der Waals surface area contributed by atoms with Crippen molar-refractivity contribution < 1.29 is 9.90 Å². The van der Waals surface area contributed by atoms with Gasteiger partial charge in [0.05, 0.1) is 0 Å². The third-order valence-electron chi connectivity index (χ3n) is 4.14. The molecular formula is C17H24N4O4S. The summed E-state index contributed by atoms with van der Waals surface area (Å²) in [5.41, 5.74) is -0.729. The number of aromatic nitrogens is 4. The number of unbranched alkanes of at least 4 members (excludes halogenated alkanes) is 1. The number of nitrogens with zero attached hydrogens (tertiary/aromatic N) is 4. The Morgan fingerprint density at radius 2 is 1.85 bits per heavy atom. The van der Waals surface area contributed by atoms with E-state index in [9.17, 15) is 19.5 Å². The Bertz CT molecular complexity index is 935. The predicted octanol–water partition coefficient (Wildman–Crippen LogP) is 1.72. The van der Waals surface area contributed by atoms with Crippen LogP contribution in [-0.4, -0.2) is 35.4 Å². The first-order chi connectivity index (χ1) is 12.3. The molecule has 2 rings (SSSR count). The first-order valence-corrected chi connectivity index (χ1v) is 9.55. The zero-order chi connectivity index (χ0) is 19.4. The molecule has 0 amide bonds. The molecule has 0 aliphatic carbocycles. The molecule has 0 aliphatic rings. The molecule has 0 saturated carbocycles. The minimum Gasteiger partial charge on any atom is -0.480 e.